The Bertz CT molecular complexity index is 1580. The summed E-state index contributed by atoms with van der Waals surface area (Å²) < 4.78 is 16.8. The Morgan fingerprint density at radius 1 is 0.391 bits per heavy atom. The molecule has 11 nitrogen and oxygen atoms in total. The molecule has 544 valence electrons. The maximum Gasteiger partial charge on any atom is 0.305 e. The van der Waals surface area contributed by atoms with E-state index in [9.17, 15) is 35.1 Å². The van der Waals surface area contributed by atoms with Gasteiger partial charge in [-0.15, -0.1) is 0 Å². The second-order valence-corrected chi connectivity index (χ2v) is 28.5. The van der Waals surface area contributed by atoms with Crippen molar-refractivity contribution < 1.29 is 49.3 Å². The minimum atomic E-state index is -1.57. The van der Waals surface area contributed by atoms with Gasteiger partial charge in [0, 0.05) is 12.8 Å². The van der Waals surface area contributed by atoms with E-state index in [0.717, 1.165) is 51.4 Å². The molecule has 0 spiro atoms. The highest BCUT2D eigenvalue weighted by Crippen LogP contribution is 2.24. The molecule has 0 aromatic rings. The molecule has 7 unspecified atom stereocenters. The molecule has 92 heavy (non-hydrogen) atoms. The largest absolute Gasteiger partial charge is 0.466 e. The second kappa shape index (κ2) is 70.5. The Morgan fingerprint density at radius 2 is 0.696 bits per heavy atom. The van der Waals surface area contributed by atoms with E-state index in [-0.39, 0.29) is 18.5 Å². The lowest BCUT2D eigenvalue weighted by atomic mass is 9.99. The van der Waals surface area contributed by atoms with Gasteiger partial charge in [0.25, 0.3) is 0 Å². The van der Waals surface area contributed by atoms with Crippen LogP contribution in [0, 0.1) is 0 Å². The predicted molar refractivity (Wildman–Crippen MR) is 389 cm³/mol. The second-order valence-electron chi connectivity index (χ2n) is 28.5. The van der Waals surface area contributed by atoms with E-state index in [1.54, 1.807) is 6.08 Å². The van der Waals surface area contributed by atoms with Crippen LogP contribution in [0.2, 0.25) is 0 Å². The standard InChI is InChI=1S/C81H155NO10/c1-3-5-7-9-11-13-15-16-17-39-43-46-49-53-57-61-65-69-77(86)90-70-66-62-58-54-50-47-44-41-38-36-34-32-30-28-26-24-22-20-18-19-21-23-25-27-29-31-33-35-37-40-42-45-48-52-56-60-64-68-76(85)82-73(72-91-81-80(89)79(88)78(87)75(71-83)92-81)74(84)67-63-59-55-51-14-12-10-8-6-4-2/h18,20,63,67,73-75,78-81,83-84,87-89H,3-17,19,21-62,64-66,68-72H2,1-2H3,(H,82,85)/b20-18-,67-63+. The van der Waals surface area contributed by atoms with E-state index in [1.807, 2.05) is 6.08 Å². The summed E-state index contributed by atoms with van der Waals surface area (Å²) in [6.07, 6.45) is 80.9. The Balaban J connectivity index is 1.85. The van der Waals surface area contributed by atoms with Gasteiger partial charge in [-0.05, 0) is 57.8 Å². The number of aliphatic hydroxyl groups excluding tert-OH is 5. The van der Waals surface area contributed by atoms with Crippen LogP contribution >= 0.6 is 0 Å². The first-order valence-corrected chi connectivity index (χ1v) is 40.6. The minimum Gasteiger partial charge on any atom is -0.466 e. The van der Waals surface area contributed by atoms with Crippen LogP contribution in [-0.4, -0.2) is 100 Å². The number of allylic oxidation sites excluding steroid dienone is 3. The van der Waals surface area contributed by atoms with Gasteiger partial charge in [0.1, 0.15) is 24.4 Å². The van der Waals surface area contributed by atoms with Crippen LogP contribution in [0.1, 0.15) is 418 Å². The molecule has 0 aromatic heterocycles. The zero-order valence-electron chi connectivity index (χ0n) is 60.8. The summed E-state index contributed by atoms with van der Waals surface area (Å²) in [7, 11) is 0. The van der Waals surface area contributed by atoms with Crippen molar-refractivity contribution in [2.24, 2.45) is 0 Å². The number of hydrogen-bond donors (Lipinski definition) is 6. The lowest BCUT2D eigenvalue weighted by molar-refractivity contribution is -0.302. The smallest absolute Gasteiger partial charge is 0.305 e. The molecule has 1 aliphatic heterocycles. The Hall–Kier alpha value is -1.86. The molecule has 1 fully saturated rings. The van der Waals surface area contributed by atoms with E-state index in [2.05, 4.69) is 31.3 Å². The highest BCUT2D eigenvalue weighted by Gasteiger charge is 2.44. The van der Waals surface area contributed by atoms with Gasteiger partial charge in [0.15, 0.2) is 6.29 Å². The lowest BCUT2D eigenvalue weighted by Crippen LogP contribution is -2.60. The topological polar surface area (TPSA) is 175 Å². The quantitative estimate of drug-likeness (QED) is 0.0195. The van der Waals surface area contributed by atoms with Gasteiger partial charge in [-0.2, -0.15) is 0 Å². The first kappa shape index (κ1) is 88.2. The van der Waals surface area contributed by atoms with Crippen LogP contribution in [0.15, 0.2) is 24.3 Å². The number of rotatable bonds is 73. The van der Waals surface area contributed by atoms with Crippen molar-refractivity contribution in [3.8, 4) is 0 Å². The fraction of sp³-hybridized carbons (Fsp3) is 0.926. The van der Waals surface area contributed by atoms with E-state index in [0.29, 0.717) is 19.4 Å². The highest BCUT2D eigenvalue weighted by atomic mass is 16.7. The molecule has 0 radical (unpaired) electrons. The highest BCUT2D eigenvalue weighted by molar-refractivity contribution is 5.76. The van der Waals surface area contributed by atoms with E-state index in [1.165, 1.54) is 340 Å². The number of carbonyl (C=O) groups is 2. The van der Waals surface area contributed by atoms with Crippen LogP contribution in [0.5, 0.6) is 0 Å². The fourth-order valence-electron chi connectivity index (χ4n) is 13.2. The minimum absolute atomic E-state index is 0.0202. The Morgan fingerprint density at radius 3 is 1.04 bits per heavy atom. The number of nitrogens with one attached hydrogen (secondary N) is 1. The summed E-state index contributed by atoms with van der Waals surface area (Å²) in [4.78, 5) is 25.2. The summed E-state index contributed by atoms with van der Waals surface area (Å²) >= 11 is 0. The van der Waals surface area contributed by atoms with Crippen molar-refractivity contribution in [3.05, 3.63) is 24.3 Å². The van der Waals surface area contributed by atoms with Crippen LogP contribution in [0.3, 0.4) is 0 Å². The van der Waals surface area contributed by atoms with Crippen molar-refractivity contribution in [2.75, 3.05) is 19.8 Å². The molecule has 6 N–H and O–H groups in total. The van der Waals surface area contributed by atoms with Gasteiger partial charge in [-0.3, -0.25) is 9.59 Å². The van der Waals surface area contributed by atoms with Gasteiger partial charge in [-0.1, -0.05) is 372 Å². The summed E-state index contributed by atoms with van der Waals surface area (Å²) in [5.74, 6) is -0.157. The maximum atomic E-state index is 13.0. The monoisotopic (exact) mass is 1300 g/mol. The van der Waals surface area contributed by atoms with Crippen molar-refractivity contribution >= 4 is 11.9 Å². The average Bonchev–Trinajstić information content (AvgIpc) is 1.01. The predicted octanol–water partition coefficient (Wildman–Crippen LogP) is 21.9. The SMILES string of the molecule is CCCCCCCCCC/C=C/C(O)C(COC1OC(CO)C(O)C(O)C1O)NC(=O)CCCCCCCCCCCCCCCCCCC/C=C\CCCCCCCCCCCCCCCCCCOC(=O)CCCCCCCCCCCCCCCCCCC. The molecule has 11 heteroatoms. The van der Waals surface area contributed by atoms with E-state index >= 15 is 0 Å². The van der Waals surface area contributed by atoms with Gasteiger partial charge in [0.05, 0.1) is 32.0 Å². The van der Waals surface area contributed by atoms with E-state index in [4.69, 9.17) is 14.2 Å². The molecule has 1 saturated heterocycles. The summed E-state index contributed by atoms with van der Waals surface area (Å²) in [5.41, 5.74) is 0. The third kappa shape index (κ3) is 58.3. The zero-order valence-corrected chi connectivity index (χ0v) is 60.8. The summed E-state index contributed by atoms with van der Waals surface area (Å²) in [6.45, 7) is 4.39. The number of aliphatic hydroxyl groups is 5. The Labute approximate surface area is 569 Å². The number of esters is 1. The van der Waals surface area contributed by atoms with E-state index < -0.39 is 49.5 Å². The molecule has 0 bridgehead atoms. The number of carbonyl (C=O) groups excluding carboxylic acids is 2. The normalized spacial score (nSPS) is 17.6. The van der Waals surface area contributed by atoms with Crippen molar-refractivity contribution in [2.45, 2.75) is 461 Å². The number of hydrogen-bond acceptors (Lipinski definition) is 10. The molecule has 1 amide bonds. The Kier molecular flexibility index (Phi) is 67.5. The molecule has 0 saturated carbocycles. The van der Waals surface area contributed by atoms with Gasteiger partial charge in [-0.25, -0.2) is 0 Å². The third-order valence-electron chi connectivity index (χ3n) is 19.6. The summed E-state index contributed by atoms with van der Waals surface area (Å²) in [5, 5.41) is 54.4. The van der Waals surface area contributed by atoms with Crippen LogP contribution in [-0.2, 0) is 23.8 Å². The molecule has 0 aromatic carbocycles. The van der Waals surface area contributed by atoms with Crippen molar-refractivity contribution in [3.63, 3.8) is 0 Å². The zero-order chi connectivity index (χ0) is 66.5. The van der Waals surface area contributed by atoms with Crippen LogP contribution in [0.25, 0.3) is 0 Å². The van der Waals surface area contributed by atoms with Gasteiger partial charge < -0.3 is 45.1 Å². The number of unbranched alkanes of at least 4 members (excludes halogenated alkanes) is 57. The van der Waals surface area contributed by atoms with Crippen molar-refractivity contribution in [1.29, 1.82) is 0 Å². The summed E-state index contributed by atoms with van der Waals surface area (Å²) in [6, 6.07) is -0.806. The molecule has 1 heterocycles. The van der Waals surface area contributed by atoms with Crippen LogP contribution < -0.4 is 5.32 Å². The first-order chi connectivity index (χ1) is 45.2. The van der Waals surface area contributed by atoms with Gasteiger partial charge >= 0.3 is 5.97 Å². The van der Waals surface area contributed by atoms with Crippen LogP contribution in [0.4, 0.5) is 0 Å². The molecular weight excluding hydrogens is 1150 g/mol. The first-order valence-electron chi connectivity index (χ1n) is 40.6. The number of ether oxygens (including phenoxy) is 3. The third-order valence-corrected chi connectivity index (χ3v) is 19.6. The lowest BCUT2D eigenvalue weighted by Gasteiger charge is -2.40. The van der Waals surface area contributed by atoms with Crippen molar-refractivity contribution in [1.82, 2.24) is 5.32 Å². The maximum absolute atomic E-state index is 13.0. The van der Waals surface area contributed by atoms with Gasteiger partial charge in [0.2, 0.25) is 5.91 Å². The number of amides is 1. The average molecular weight is 1300 g/mol. The molecular formula is C81H155NO10. The molecule has 7 atom stereocenters. The fourth-order valence-corrected chi connectivity index (χ4v) is 13.2. The molecule has 1 rings (SSSR count). The molecule has 1 aliphatic rings. The molecule has 0 aliphatic carbocycles.